The first kappa shape index (κ1) is 29.6. The molecule has 3 heterocycles. The highest BCUT2D eigenvalue weighted by Gasteiger charge is 2.41. The van der Waals surface area contributed by atoms with Crippen LogP contribution in [0.1, 0.15) is 73.2 Å². The summed E-state index contributed by atoms with van der Waals surface area (Å²) in [6, 6.07) is 15.7. The zero-order valence-electron chi connectivity index (χ0n) is 23.3. The van der Waals surface area contributed by atoms with Crippen molar-refractivity contribution in [2.24, 2.45) is 0 Å². The number of benzene rings is 2. The molecule has 2 aromatic rings. The number of hydrogen-bond acceptors (Lipinski definition) is 8. The molecule has 5 rings (SSSR count). The van der Waals surface area contributed by atoms with Gasteiger partial charge < -0.3 is 39.4 Å². The van der Waals surface area contributed by atoms with E-state index in [4.69, 9.17) is 24.1 Å². The molecule has 222 valence electrons. The Morgan fingerprint density at radius 3 is 2.22 bits per heavy atom. The molecule has 3 aliphatic heterocycles. The molecule has 3 aliphatic rings. The van der Waals surface area contributed by atoms with Crippen LogP contribution < -0.4 is 5.32 Å². The fourth-order valence-corrected chi connectivity index (χ4v) is 5.66. The maximum absolute atomic E-state index is 12.0. The lowest BCUT2D eigenvalue weighted by molar-refractivity contribution is -0.255. The minimum absolute atomic E-state index is 0.000811. The van der Waals surface area contributed by atoms with Gasteiger partial charge in [-0.05, 0) is 23.1 Å². The van der Waals surface area contributed by atoms with Crippen molar-refractivity contribution in [1.82, 2.24) is 10.2 Å². The summed E-state index contributed by atoms with van der Waals surface area (Å²) in [5.41, 5.74) is 3.74. The van der Waals surface area contributed by atoms with E-state index in [0.717, 1.165) is 61.2 Å². The second-order valence-corrected chi connectivity index (χ2v) is 11.0. The lowest BCUT2D eigenvalue weighted by Crippen LogP contribution is -2.48. The number of rotatable bonds is 11. The van der Waals surface area contributed by atoms with Gasteiger partial charge in [-0.15, -0.1) is 0 Å². The van der Waals surface area contributed by atoms with E-state index < -0.39 is 18.0 Å². The lowest BCUT2D eigenvalue weighted by atomic mass is 9.98. The molecule has 0 aromatic heterocycles. The molecule has 0 radical (unpaired) electrons. The molecule has 10 nitrogen and oxygen atoms in total. The highest BCUT2D eigenvalue weighted by molar-refractivity contribution is 5.76. The average Bonchev–Trinajstić information content (AvgIpc) is 3.45. The van der Waals surface area contributed by atoms with Crippen molar-refractivity contribution in [3.63, 3.8) is 0 Å². The number of aliphatic carboxylic acids is 1. The molecule has 41 heavy (non-hydrogen) atoms. The van der Waals surface area contributed by atoms with Gasteiger partial charge in [-0.25, -0.2) is 0 Å². The van der Waals surface area contributed by atoms with Gasteiger partial charge in [0.05, 0.1) is 32.0 Å². The summed E-state index contributed by atoms with van der Waals surface area (Å²) in [5.74, 6) is -1.47. The molecule has 0 aliphatic carbocycles. The number of carbonyl (C=O) groups is 2. The lowest BCUT2D eigenvalue weighted by Gasteiger charge is -2.41. The van der Waals surface area contributed by atoms with Gasteiger partial charge in [0.15, 0.2) is 12.1 Å². The maximum atomic E-state index is 12.0. The van der Waals surface area contributed by atoms with Crippen LogP contribution in [0.3, 0.4) is 0 Å². The van der Waals surface area contributed by atoms with Crippen molar-refractivity contribution in [3.05, 3.63) is 70.8 Å². The number of carboxylic acids is 1. The number of nitrogens with zero attached hydrogens (tertiary/aromatic N) is 1. The number of likely N-dealkylation sites (tertiary alicyclic amines) is 1. The Labute approximate surface area is 240 Å². The van der Waals surface area contributed by atoms with Crippen molar-refractivity contribution in [2.75, 3.05) is 32.8 Å². The summed E-state index contributed by atoms with van der Waals surface area (Å²) in [6.07, 6.45) is 2.17. The second kappa shape index (κ2) is 13.9. The molecule has 1 amide bonds. The molecular weight excluding hydrogens is 528 g/mol. The first-order chi connectivity index (χ1) is 19.9. The first-order valence-electron chi connectivity index (χ1n) is 14.5. The number of ether oxygens (including phenoxy) is 4. The Kier molecular flexibility index (Phi) is 10.0. The first-order valence-corrected chi connectivity index (χ1v) is 14.5. The summed E-state index contributed by atoms with van der Waals surface area (Å²) >= 11 is 0. The van der Waals surface area contributed by atoms with Crippen LogP contribution in [0.25, 0.3) is 0 Å². The number of amides is 1. The topological polar surface area (TPSA) is 127 Å². The molecule has 10 heteroatoms. The normalized spacial score (nSPS) is 24.4. The van der Waals surface area contributed by atoms with Crippen LogP contribution >= 0.6 is 0 Å². The third-order valence-corrected chi connectivity index (χ3v) is 8.04. The van der Waals surface area contributed by atoms with Gasteiger partial charge >= 0.3 is 5.97 Å². The average molecular weight is 569 g/mol. The minimum atomic E-state index is -0.898. The van der Waals surface area contributed by atoms with Crippen molar-refractivity contribution in [1.29, 1.82) is 0 Å². The zero-order valence-corrected chi connectivity index (χ0v) is 23.3. The molecule has 3 saturated heterocycles. The van der Waals surface area contributed by atoms with E-state index >= 15 is 0 Å². The number of carboxylic acid groups (broad SMARTS) is 1. The van der Waals surface area contributed by atoms with Gasteiger partial charge in [0, 0.05) is 63.8 Å². The number of nitrogens with one attached hydrogen (secondary N) is 1. The SMILES string of the molecule is O=C(O)CCCC(=O)NCc1ccc([C@@H]2O[C@H](CN3CCC4(CC3)OCCO4)C[C@H](c3ccc(CO)cc3)O2)cc1. The van der Waals surface area contributed by atoms with Crippen LogP contribution in [0.4, 0.5) is 0 Å². The number of hydrogen-bond donors (Lipinski definition) is 3. The molecule has 1 spiro atoms. The fourth-order valence-electron chi connectivity index (χ4n) is 5.66. The second-order valence-electron chi connectivity index (χ2n) is 11.0. The Morgan fingerprint density at radius 1 is 0.902 bits per heavy atom. The standard InChI is InChI=1S/C31H40N2O8/c34-21-23-6-8-24(9-7-23)27-18-26(20-33-14-12-31(13-15-33)38-16-17-39-31)40-30(41-27)25-10-4-22(5-11-25)19-32-28(35)2-1-3-29(36)37/h4-11,26-27,30,34H,1-3,12-21H2,(H,32,35)(H,36,37)/t26-,27+,30+/m0/s1. The number of carbonyl (C=O) groups excluding carboxylic acids is 1. The van der Waals surface area contributed by atoms with E-state index in [2.05, 4.69) is 10.2 Å². The van der Waals surface area contributed by atoms with E-state index in [1.807, 2.05) is 48.5 Å². The Balaban J connectivity index is 1.21. The monoisotopic (exact) mass is 568 g/mol. The van der Waals surface area contributed by atoms with Crippen LogP contribution in [-0.2, 0) is 41.7 Å². The molecule has 0 bridgehead atoms. The van der Waals surface area contributed by atoms with E-state index in [-0.39, 0.29) is 37.6 Å². The van der Waals surface area contributed by atoms with E-state index in [1.165, 1.54) is 0 Å². The quantitative estimate of drug-likeness (QED) is 0.374. The number of piperidine rings is 1. The van der Waals surface area contributed by atoms with E-state index in [9.17, 15) is 14.7 Å². The summed E-state index contributed by atoms with van der Waals surface area (Å²) in [7, 11) is 0. The molecule has 3 fully saturated rings. The smallest absolute Gasteiger partial charge is 0.303 e. The Morgan fingerprint density at radius 2 is 1.56 bits per heavy atom. The van der Waals surface area contributed by atoms with Gasteiger partial charge in [-0.2, -0.15) is 0 Å². The van der Waals surface area contributed by atoms with E-state index in [0.29, 0.717) is 26.2 Å². The molecule has 2 aromatic carbocycles. The number of aliphatic hydroxyl groups excluding tert-OH is 1. The van der Waals surface area contributed by atoms with Gasteiger partial charge in [-0.1, -0.05) is 48.5 Å². The van der Waals surface area contributed by atoms with Gasteiger partial charge in [-0.3, -0.25) is 9.59 Å². The van der Waals surface area contributed by atoms with Gasteiger partial charge in [0.2, 0.25) is 5.91 Å². The van der Waals surface area contributed by atoms with Crippen molar-refractivity contribution < 1.29 is 38.7 Å². The zero-order chi connectivity index (χ0) is 28.7. The molecule has 3 N–H and O–H groups in total. The van der Waals surface area contributed by atoms with Crippen molar-refractivity contribution >= 4 is 11.9 Å². The maximum Gasteiger partial charge on any atom is 0.303 e. The fraction of sp³-hybridized carbons (Fsp3) is 0.548. The third kappa shape index (κ3) is 8.12. The third-order valence-electron chi connectivity index (χ3n) is 8.04. The van der Waals surface area contributed by atoms with Gasteiger partial charge in [0.1, 0.15) is 0 Å². The summed E-state index contributed by atoms with van der Waals surface area (Å²) in [6.45, 7) is 4.26. The van der Waals surface area contributed by atoms with Crippen LogP contribution in [-0.4, -0.2) is 71.7 Å². The Bertz CT molecular complexity index is 1140. The molecular formula is C31H40N2O8. The summed E-state index contributed by atoms with van der Waals surface area (Å²) < 4.78 is 24.8. The molecule has 0 saturated carbocycles. The van der Waals surface area contributed by atoms with Crippen molar-refractivity contribution in [2.45, 2.75) is 76.0 Å². The highest BCUT2D eigenvalue weighted by Crippen LogP contribution is 2.39. The van der Waals surface area contributed by atoms with Crippen LogP contribution in [0.5, 0.6) is 0 Å². The van der Waals surface area contributed by atoms with E-state index in [1.54, 1.807) is 0 Å². The summed E-state index contributed by atoms with van der Waals surface area (Å²) in [4.78, 5) is 25.1. The predicted octanol–water partition coefficient (Wildman–Crippen LogP) is 3.43. The van der Waals surface area contributed by atoms with Crippen molar-refractivity contribution in [3.8, 4) is 0 Å². The van der Waals surface area contributed by atoms with Crippen LogP contribution in [0, 0.1) is 0 Å². The predicted molar refractivity (Wildman–Crippen MR) is 149 cm³/mol. The van der Waals surface area contributed by atoms with Gasteiger partial charge in [0.25, 0.3) is 0 Å². The molecule has 3 atom stereocenters. The number of aliphatic hydroxyl groups is 1. The Hall–Kier alpha value is -2.86. The molecule has 0 unspecified atom stereocenters. The largest absolute Gasteiger partial charge is 0.481 e. The van der Waals surface area contributed by atoms with Crippen LogP contribution in [0.2, 0.25) is 0 Å². The van der Waals surface area contributed by atoms with Crippen LogP contribution in [0.15, 0.2) is 48.5 Å². The minimum Gasteiger partial charge on any atom is -0.481 e. The summed E-state index contributed by atoms with van der Waals surface area (Å²) in [5, 5.41) is 21.0. The highest BCUT2D eigenvalue weighted by atomic mass is 16.7.